The monoisotopic (exact) mass is 424 g/mol. The van der Waals surface area contributed by atoms with E-state index in [-0.39, 0.29) is 5.56 Å². The fourth-order valence-corrected chi connectivity index (χ4v) is 6.04. The molecule has 1 aliphatic heterocycles. The van der Waals surface area contributed by atoms with Crippen molar-refractivity contribution in [1.82, 2.24) is 14.9 Å². The van der Waals surface area contributed by atoms with Gasteiger partial charge in [0, 0.05) is 36.7 Å². The van der Waals surface area contributed by atoms with Crippen LogP contribution in [0.3, 0.4) is 0 Å². The Bertz CT molecular complexity index is 1100. The smallest absolute Gasteiger partial charge is 0.259 e. The highest BCUT2D eigenvalue weighted by atomic mass is 32.1. The number of aromatic amines is 1. The summed E-state index contributed by atoms with van der Waals surface area (Å²) in [6.45, 7) is 6.81. The van der Waals surface area contributed by atoms with E-state index in [0.29, 0.717) is 12.5 Å². The van der Waals surface area contributed by atoms with Crippen molar-refractivity contribution in [3.05, 3.63) is 50.9 Å². The molecule has 1 atom stereocenters. The largest absolute Gasteiger partial charge is 0.497 e. The number of piperazine rings is 1. The third kappa shape index (κ3) is 3.72. The molecule has 5 rings (SSSR count). The fourth-order valence-electron chi connectivity index (χ4n) is 4.64. The molecule has 1 aliphatic carbocycles. The van der Waals surface area contributed by atoms with Gasteiger partial charge in [-0.2, -0.15) is 0 Å². The minimum atomic E-state index is 0.0407. The molecule has 1 saturated heterocycles. The molecule has 0 bridgehead atoms. The predicted molar refractivity (Wildman–Crippen MR) is 122 cm³/mol. The van der Waals surface area contributed by atoms with Crippen LogP contribution in [0.15, 0.2) is 29.1 Å². The number of nitrogens with one attached hydrogen (secondary N) is 1. The van der Waals surface area contributed by atoms with Crippen LogP contribution < -0.4 is 15.2 Å². The second-order valence-corrected chi connectivity index (χ2v) is 9.59. The van der Waals surface area contributed by atoms with E-state index in [9.17, 15) is 4.79 Å². The first-order valence-electron chi connectivity index (χ1n) is 10.8. The van der Waals surface area contributed by atoms with Crippen molar-refractivity contribution >= 4 is 27.2 Å². The van der Waals surface area contributed by atoms with E-state index in [1.54, 1.807) is 18.4 Å². The van der Waals surface area contributed by atoms with Crippen LogP contribution in [0.5, 0.6) is 5.75 Å². The van der Waals surface area contributed by atoms with E-state index in [4.69, 9.17) is 9.72 Å². The Balaban J connectivity index is 1.28. The molecule has 7 heteroatoms. The molecule has 0 saturated carbocycles. The first kappa shape index (κ1) is 19.6. The average molecular weight is 425 g/mol. The molecular formula is C23H28N4O2S. The zero-order valence-corrected chi connectivity index (χ0v) is 18.4. The second kappa shape index (κ2) is 8.04. The van der Waals surface area contributed by atoms with Gasteiger partial charge in [-0.05, 0) is 55.0 Å². The molecular weight excluding hydrogens is 396 g/mol. The van der Waals surface area contributed by atoms with Gasteiger partial charge in [0.1, 0.15) is 16.4 Å². The molecule has 6 nitrogen and oxygen atoms in total. The molecule has 1 aromatic carbocycles. The summed E-state index contributed by atoms with van der Waals surface area (Å²) in [6.07, 6.45) is 3.25. The number of aryl methyl sites for hydroxylation is 1. The van der Waals surface area contributed by atoms with Crippen molar-refractivity contribution in [3.8, 4) is 5.75 Å². The first-order chi connectivity index (χ1) is 14.6. The highest BCUT2D eigenvalue weighted by Gasteiger charge is 2.24. The first-order valence-corrected chi connectivity index (χ1v) is 11.6. The van der Waals surface area contributed by atoms with Crippen molar-refractivity contribution in [1.29, 1.82) is 0 Å². The molecule has 1 fully saturated rings. The van der Waals surface area contributed by atoms with Gasteiger partial charge < -0.3 is 14.6 Å². The third-order valence-corrected chi connectivity index (χ3v) is 7.55. The number of H-pyrrole nitrogens is 1. The molecule has 0 radical (unpaired) electrons. The summed E-state index contributed by atoms with van der Waals surface area (Å²) in [5.41, 5.74) is 2.52. The number of hydrogen-bond acceptors (Lipinski definition) is 6. The zero-order chi connectivity index (χ0) is 20.7. The number of rotatable bonds is 4. The molecule has 2 aliphatic rings. The Morgan fingerprint density at radius 3 is 2.70 bits per heavy atom. The van der Waals surface area contributed by atoms with Gasteiger partial charge in [-0.1, -0.05) is 6.92 Å². The lowest BCUT2D eigenvalue weighted by atomic mass is 9.89. The van der Waals surface area contributed by atoms with Crippen LogP contribution >= 0.6 is 11.3 Å². The number of fused-ring (bicyclic) bond motifs is 3. The number of aromatic nitrogens is 2. The summed E-state index contributed by atoms with van der Waals surface area (Å²) >= 11 is 1.73. The maximum atomic E-state index is 12.8. The SMILES string of the molecule is COc1ccc(N2CCN(Cc3nc4sc5c(c4c(=O)[nH]3)CCC(C)C5)CC2)cc1. The van der Waals surface area contributed by atoms with Crippen molar-refractivity contribution in [2.45, 2.75) is 32.7 Å². The Morgan fingerprint density at radius 2 is 1.97 bits per heavy atom. The number of anilines is 1. The van der Waals surface area contributed by atoms with Crippen LogP contribution in [0.4, 0.5) is 5.69 Å². The van der Waals surface area contributed by atoms with Gasteiger partial charge in [-0.15, -0.1) is 11.3 Å². The second-order valence-electron chi connectivity index (χ2n) is 8.51. The summed E-state index contributed by atoms with van der Waals surface area (Å²) in [6, 6.07) is 8.24. The number of hydrogen-bond donors (Lipinski definition) is 1. The van der Waals surface area contributed by atoms with E-state index >= 15 is 0 Å². The van der Waals surface area contributed by atoms with Crippen LogP contribution in [-0.2, 0) is 19.4 Å². The molecule has 3 aromatic rings. The summed E-state index contributed by atoms with van der Waals surface area (Å²) < 4.78 is 5.25. The molecule has 0 amide bonds. The maximum absolute atomic E-state index is 12.8. The third-order valence-electron chi connectivity index (χ3n) is 6.40. The molecule has 3 heterocycles. The van der Waals surface area contributed by atoms with Crippen molar-refractivity contribution in [3.63, 3.8) is 0 Å². The van der Waals surface area contributed by atoms with E-state index < -0.39 is 0 Å². The molecule has 158 valence electrons. The minimum Gasteiger partial charge on any atom is -0.497 e. The van der Waals surface area contributed by atoms with E-state index in [1.807, 2.05) is 12.1 Å². The van der Waals surface area contributed by atoms with Crippen LogP contribution in [-0.4, -0.2) is 48.2 Å². The number of ether oxygens (including phenoxy) is 1. The highest BCUT2D eigenvalue weighted by Crippen LogP contribution is 2.35. The number of nitrogens with zero attached hydrogens (tertiary/aromatic N) is 3. The topological polar surface area (TPSA) is 61.5 Å². The van der Waals surface area contributed by atoms with Crippen LogP contribution in [0.2, 0.25) is 0 Å². The van der Waals surface area contributed by atoms with Crippen molar-refractivity contribution in [2.75, 3.05) is 38.2 Å². The zero-order valence-electron chi connectivity index (χ0n) is 17.6. The lowest BCUT2D eigenvalue weighted by Crippen LogP contribution is -2.46. The lowest BCUT2D eigenvalue weighted by Gasteiger charge is -2.35. The lowest BCUT2D eigenvalue weighted by molar-refractivity contribution is 0.244. The fraction of sp³-hybridized carbons (Fsp3) is 0.478. The van der Waals surface area contributed by atoms with E-state index in [2.05, 4.69) is 33.8 Å². The Labute approximate surface area is 180 Å². The Hall–Kier alpha value is -2.38. The average Bonchev–Trinajstić information content (AvgIpc) is 3.12. The molecule has 0 spiro atoms. The number of thiophene rings is 1. The van der Waals surface area contributed by atoms with Gasteiger partial charge in [0.05, 0.1) is 19.0 Å². The van der Waals surface area contributed by atoms with Crippen LogP contribution in [0.25, 0.3) is 10.2 Å². The summed E-state index contributed by atoms with van der Waals surface area (Å²) in [7, 11) is 1.69. The maximum Gasteiger partial charge on any atom is 0.259 e. The van der Waals surface area contributed by atoms with Crippen LogP contribution in [0, 0.1) is 5.92 Å². The Morgan fingerprint density at radius 1 is 1.20 bits per heavy atom. The molecule has 30 heavy (non-hydrogen) atoms. The highest BCUT2D eigenvalue weighted by molar-refractivity contribution is 7.18. The van der Waals surface area contributed by atoms with Gasteiger partial charge in [0.2, 0.25) is 0 Å². The van der Waals surface area contributed by atoms with Crippen molar-refractivity contribution < 1.29 is 4.74 Å². The number of methoxy groups -OCH3 is 1. The summed E-state index contributed by atoms with van der Waals surface area (Å²) in [5.74, 6) is 2.37. The normalized spacial score (nSPS) is 19.8. The molecule has 1 N–H and O–H groups in total. The summed E-state index contributed by atoms with van der Waals surface area (Å²) in [4.78, 5) is 27.8. The quantitative estimate of drug-likeness (QED) is 0.695. The van der Waals surface area contributed by atoms with Gasteiger partial charge in [-0.3, -0.25) is 9.69 Å². The molecule has 1 unspecified atom stereocenters. The predicted octanol–water partition coefficient (Wildman–Crippen LogP) is 3.44. The van der Waals surface area contributed by atoms with Gasteiger partial charge in [-0.25, -0.2) is 4.98 Å². The number of benzene rings is 1. The van der Waals surface area contributed by atoms with Crippen LogP contribution in [0.1, 0.15) is 29.6 Å². The molecule has 2 aromatic heterocycles. The van der Waals surface area contributed by atoms with Gasteiger partial charge >= 0.3 is 0 Å². The summed E-state index contributed by atoms with van der Waals surface area (Å²) in [5, 5.41) is 0.843. The van der Waals surface area contributed by atoms with E-state index in [0.717, 1.165) is 60.8 Å². The van der Waals surface area contributed by atoms with E-state index in [1.165, 1.54) is 22.5 Å². The Kier molecular flexibility index (Phi) is 5.25. The van der Waals surface area contributed by atoms with Gasteiger partial charge in [0.25, 0.3) is 5.56 Å². The standard InChI is InChI=1S/C23H28N4O2S/c1-15-3-8-18-19(13-15)30-23-21(18)22(28)24-20(25-23)14-26-9-11-27(12-10-26)16-4-6-17(29-2)7-5-16/h4-7,15H,3,8-14H2,1-2H3,(H,24,25,28). The van der Waals surface area contributed by atoms with Gasteiger partial charge in [0.15, 0.2) is 0 Å². The minimum absolute atomic E-state index is 0.0407. The van der Waals surface area contributed by atoms with Crippen molar-refractivity contribution in [2.24, 2.45) is 5.92 Å².